The van der Waals surface area contributed by atoms with Crippen LogP contribution in [0.3, 0.4) is 0 Å². The molecule has 0 aliphatic carbocycles. The van der Waals surface area contributed by atoms with E-state index in [9.17, 15) is 0 Å². The fourth-order valence-electron chi connectivity index (χ4n) is 1.84. The molecule has 0 N–H and O–H groups in total. The standard InChI is InChI=1S/C10H23N/c1-6-10(9(4)5)11(7-2)8-3/h9-10H,6-8H2,1-5H3. The molecule has 0 aromatic rings. The van der Waals surface area contributed by atoms with Crippen LogP contribution in [0.4, 0.5) is 0 Å². The Bertz CT molecular complexity index is 84.9. The summed E-state index contributed by atoms with van der Waals surface area (Å²) in [6, 6.07) is 0.782. The van der Waals surface area contributed by atoms with E-state index < -0.39 is 0 Å². The Morgan fingerprint density at radius 1 is 1.00 bits per heavy atom. The number of hydrogen-bond acceptors (Lipinski definition) is 1. The van der Waals surface area contributed by atoms with Crippen molar-refractivity contribution in [2.75, 3.05) is 13.1 Å². The van der Waals surface area contributed by atoms with Crippen molar-refractivity contribution in [3.8, 4) is 0 Å². The second-order valence-corrected chi connectivity index (χ2v) is 3.44. The van der Waals surface area contributed by atoms with E-state index in [-0.39, 0.29) is 0 Å². The molecule has 0 rings (SSSR count). The van der Waals surface area contributed by atoms with E-state index in [1.54, 1.807) is 0 Å². The minimum absolute atomic E-state index is 0.782. The van der Waals surface area contributed by atoms with Gasteiger partial charge in [0.25, 0.3) is 0 Å². The van der Waals surface area contributed by atoms with Crippen molar-refractivity contribution >= 4 is 0 Å². The highest BCUT2D eigenvalue weighted by atomic mass is 15.1. The van der Waals surface area contributed by atoms with Crippen molar-refractivity contribution in [3.05, 3.63) is 0 Å². The van der Waals surface area contributed by atoms with Gasteiger partial charge in [0.1, 0.15) is 0 Å². The Kier molecular flexibility index (Phi) is 5.57. The molecule has 0 aromatic heterocycles. The lowest BCUT2D eigenvalue weighted by molar-refractivity contribution is 0.166. The maximum absolute atomic E-state index is 2.55. The fraction of sp³-hybridized carbons (Fsp3) is 1.00. The van der Waals surface area contributed by atoms with Crippen molar-refractivity contribution in [2.24, 2.45) is 5.92 Å². The molecule has 0 amide bonds. The van der Waals surface area contributed by atoms with Crippen LogP contribution in [0, 0.1) is 5.92 Å². The van der Waals surface area contributed by atoms with Gasteiger partial charge in [-0.2, -0.15) is 0 Å². The van der Waals surface area contributed by atoms with Gasteiger partial charge in [-0.15, -0.1) is 0 Å². The van der Waals surface area contributed by atoms with Gasteiger partial charge in [-0.3, -0.25) is 0 Å². The zero-order valence-electron chi connectivity index (χ0n) is 8.72. The van der Waals surface area contributed by atoms with Crippen LogP contribution < -0.4 is 0 Å². The molecule has 0 aliphatic heterocycles. The summed E-state index contributed by atoms with van der Waals surface area (Å²) in [5.41, 5.74) is 0. The lowest BCUT2D eigenvalue weighted by Crippen LogP contribution is -2.38. The summed E-state index contributed by atoms with van der Waals surface area (Å²) in [5, 5.41) is 0. The molecule has 0 bridgehead atoms. The SMILES string of the molecule is CCC(C(C)C)N(CC)CC. The van der Waals surface area contributed by atoms with Gasteiger partial charge in [-0.05, 0) is 25.4 Å². The highest BCUT2D eigenvalue weighted by Gasteiger charge is 2.16. The molecule has 0 saturated heterocycles. The Labute approximate surface area is 71.8 Å². The molecule has 0 fully saturated rings. The zero-order chi connectivity index (χ0) is 8.85. The monoisotopic (exact) mass is 157 g/mol. The molecule has 11 heavy (non-hydrogen) atoms. The minimum Gasteiger partial charge on any atom is -0.301 e. The summed E-state index contributed by atoms with van der Waals surface area (Å²) in [7, 11) is 0. The first-order chi connectivity index (χ1) is 5.17. The fourth-order valence-corrected chi connectivity index (χ4v) is 1.84. The number of nitrogens with zero attached hydrogens (tertiary/aromatic N) is 1. The molecule has 0 spiro atoms. The molecule has 0 radical (unpaired) electrons. The topological polar surface area (TPSA) is 3.24 Å². The highest BCUT2D eigenvalue weighted by molar-refractivity contribution is 4.71. The van der Waals surface area contributed by atoms with Gasteiger partial charge < -0.3 is 4.90 Å². The lowest BCUT2D eigenvalue weighted by atomic mass is 10.00. The van der Waals surface area contributed by atoms with Crippen LogP contribution in [0.2, 0.25) is 0 Å². The van der Waals surface area contributed by atoms with Crippen LogP contribution in [0.25, 0.3) is 0 Å². The van der Waals surface area contributed by atoms with Gasteiger partial charge in [0, 0.05) is 6.04 Å². The van der Waals surface area contributed by atoms with Gasteiger partial charge in [0.15, 0.2) is 0 Å². The smallest absolute Gasteiger partial charge is 0.0115 e. The predicted octanol–water partition coefficient (Wildman–Crippen LogP) is 2.76. The zero-order valence-corrected chi connectivity index (χ0v) is 8.72. The molecule has 68 valence electrons. The van der Waals surface area contributed by atoms with E-state index in [1.165, 1.54) is 19.5 Å². The Morgan fingerprint density at radius 2 is 1.45 bits per heavy atom. The Morgan fingerprint density at radius 3 is 1.55 bits per heavy atom. The van der Waals surface area contributed by atoms with Gasteiger partial charge in [0.2, 0.25) is 0 Å². The van der Waals surface area contributed by atoms with Crippen LogP contribution in [0.5, 0.6) is 0 Å². The quantitative estimate of drug-likeness (QED) is 0.593. The summed E-state index contributed by atoms with van der Waals surface area (Å²) >= 11 is 0. The third kappa shape index (κ3) is 3.24. The average molecular weight is 157 g/mol. The molecule has 0 heterocycles. The van der Waals surface area contributed by atoms with Crippen molar-refractivity contribution < 1.29 is 0 Å². The van der Waals surface area contributed by atoms with Gasteiger partial charge in [-0.1, -0.05) is 34.6 Å². The van der Waals surface area contributed by atoms with Crippen molar-refractivity contribution in [3.63, 3.8) is 0 Å². The highest BCUT2D eigenvalue weighted by Crippen LogP contribution is 2.13. The average Bonchev–Trinajstić information content (AvgIpc) is 1.99. The molecule has 0 aromatic carbocycles. The third-order valence-corrected chi connectivity index (χ3v) is 2.47. The first-order valence-corrected chi connectivity index (χ1v) is 4.91. The third-order valence-electron chi connectivity index (χ3n) is 2.47. The van der Waals surface area contributed by atoms with Gasteiger partial charge in [-0.25, -0.2) is 0 Å². The molecule has 1 heteroatoms. The first kappa shape index (κ1) is 11.0. The minimum atomic E-state index is 0.782. The predicted molar refractivity (Wildman–Crippen MR) is 51.8 cm³/mol. The molecule has 1 nitrogen and oxygen atoms in total. The maximum atomic E-state index is 2.55. The molecule has 0 saturated carbocycles. The Balaban J connectivity index is 3.98. The van der Waals surface area contributed by atoms with Gasteiger partial charge in [0.05, 0.1) is 0 Å². The van der Waals surface area contributed by atoms with E-state index in [1.807, 2.05) is 0 Å². The summed E-state index contributed by atoms with van der Waals surface area (Å²) in [5.74, 6) is 0.792. The number of hydrogen-bond donors (Lipinski definition) is 0. The van der Waals surface area contributed by atoms with Crippen LogP contribution in [0.15, 0.2) is 0 Å². The molecule has 1 atom stereocenters. The molecular formula is C10H23N. The normalized spacial score (nSPS) is 14.5. The molecule has 1 unspecified atom stereocenters. The van der Waals surface area contributed by atoms with E-state index in [0.29, 0.717) is 0 Å². The van der Waals surface area contributed by atoms with Crippen LogP contribution in [0.1, 0.15) is 41.0 Å². The van der Waals surface area contributed by atoms with E-state index in [0.717, 1.165) is 12.0 Å². The summed E-state index contributed by atoms with van der Waals surface area (Å²) in [6.45, 7) is 13.8. The second-order valence-electron chi connectivity index (χ2n) is 3.44. The molecule has 0 aliphatic rings. The summed E-state index contributed by atoms with van der Waals surface area (Å²) in [6.07, 6.45) is 1.28. The van der Waals surface area contributed by atoms with Crippen molar-refractivity contribution in [2.45, 2.75) is 47.1 Å². The van der Waals surface area contributed by atoms with Crippen molar-refractivity contribution in [1.82, 2.24) is 4.90 Å². The lowest BCUT2D eigenvalue weighted by Gasteiger charge is -2.31. The van der Waals surface area contributed by atoms with Crippen LogP contribution in [-0.4, -0.2) is 24.0 Å². The summed E-state index contributed by atoms with van der Waals surface area (Å²) in [4.78, 5) is 2.55. The van der Waals surface area contributed by atoms with Gasteiger partial charge >= 0.3 is 0 Å². The van der Waals surface area contributed by atoms with E-state index >= 15 is 0 Å². The van der Waals surface area contributed by atoms with Crippen LogP contribution >= 0.6 is 0 Å². The molecular weight excluding hydrogens is 134 g/mol. The Hall–Kier alpha value is -0.0400. The second kappa shape index (κ2) is 5.59. The van der Waals surface area contributed by atoms with E-state index in [4.69, 9.17) is 0 Å². The largest absolute Gasteiger partial charge is 0.301 e. The number of rotatable bonds is 5. The maximum Gasteiger partial charge on any atom is 0.0115 e. The van der Waals surface area contributed by atoms with Crippen molar-refractivity contribution in [1.29, 1.82) is 0 Å². The summed E-state index contributed by atoms with van der Waals surface area (Å²) < 4.78 is 0. The van der Waals surface area contributed by atoms with Crippen LogP contribution in [-0.2, 0) is 0 Å². The van der Waals surface area contributed by atoms with E-state index in [2.05, 4.69) is 39.5 Å². The first-order valence-electron chi connectivity index (χ1n) is 4.91.